The van der Waals surface area contributed by atoms with Crippen molar-refractivity contribution in [2.45, 2.75) is 49.8 Å². The van der Waals surface area contributed by atoms with Crippen LogP contribution < -0.4 is 5.73 Å². The van der Waals surface area contributed by atoms with Crippen LogP contribution in [0.5, 0.6) is 0 Å². The van der Waals surface area contributed by atoms with E-state index in [1.165, 1.54) is 24.6 Å². The quantitative estimate of drug-likeness (QED) is 0.520. The minimum Gasteiger partial charge on any atom is -0.368 e. The molecule has 0 spiro atoms. The molecule has 1 fully saturated rings. The number of nitro groups is 1. The van der Waals surface area contributed by atoms with Crippen molar-refractivity contribution in [1.82, 2.24) is 9.97 Å². The number of hydrogen-bond donors (Lipinski definition) is 1. The highest BCUT2D eigenvalue weighted by Gasteiger charge is 2.27. The fourth-order valence-electron chi connectivity index (χ4n) is 2.50. The molecule has 0 radical (unpaired) electrons. The molecule has 0 bridgehead atoms. The minimum absolute atomic E-state index is 0.00238. The van der Waals surface area contributed by atoms with Crippen molar-refractivity contribution in [3.63, 3.8) is 0 Å². The molecular formula is C12H18N4O2S. The third-order valence-electron chi connectivity index (χ3n) is 3.39. The molecule has 0 aromatic carbocycles. The standard InChI is InChI=1S/C12H18N4O2S/c1-7-4-3-5-9(6-7)19-11-10(16(17)18)8(2)14-12(13)15-11/h7,9H,3-6H2,1-2H3,(H2,13,14,15). The lowest BCUT2D eigenvalue weighted by Crippen LogP contribution is -2.16. The number of nitrogen functional groups attached to an aromatic ring is 1. The zero-order valence-electron chi connectivity index (χ0n) is 11.1. The summed E-state index contributed by atoms with van der Waals surface area (Å²) in [6.45, 7) is 3.82. The fourth-order valence-corrected chi connectivity index (χ4v) is 4.00. The van der Waals surface area contributed by atoms with Gasteiger partial charge in [-0.1, -0.05) is 31.5 Å². The molecule has 2 atom stereocenters. The van der Waals surface area contributed by atoms with Crippen LogP contribution in [0, 0.1) is 23.0 Å². The molecule has 1 aromatic rings. The van der Waals surface area contributed by atoms with Gasteiger partial charge in [-0.25, -0.2) is 4.98 Å². The van der Waals surface area contributed by atoms with Crippen LogP contribution >= 0.6 is 11.8 Å². The molecule has 6 nitrogen and oxygen atoms in total. The van der Waals surface area contributed by atoms with E-state index in [0.717, 1.165) is 12.8 Å². The molecule has 2 rings (SSSR count). The predicted octanol–water partition coefficient (Wildman–Crippen LogP) is 2.95. The summed E-state index contributed by atoms with van der Waals surface area (Å²) in [7, 11) is 0. The summed E-state index contributed by atoms with van der Waals surface area (Å²) in [5.74, 6) is 0.778. The van der Waals surface area contributed by atoms with Crippen LogP contribution in [0.4, 0.5) is 11.6 Å². The van der Waals surface area contributed by atoms with Crippen LogP contribution in [0.1, 0.15) is 38.3 Å². The molecule has 19 heavy (non-hydrogen) atoms. The zero-order chi connectivity index (χ0) is 14.0. The van der Waals surface area contributed by atoms with Crippen molar-refractivity contribution in [3.8, 4) is 0 Å². The van der Waals surface area contributed by atoms with E-state index in [2.05, 4.69) is 16.9 Å². The molecule has 1 saturated carbocycles. The van der Waals surface area contributed by atoms with Gasteiger partial charge < -0.3 is 5.73 Å². The number of aryl methyl sites for hydroxylation is 1. The van der Waals surface area contributed by atoms with Gasteiger partial charge in [-0.05, 0) is 25.7 Å². The number of anilines is 1. The lowest BCUT2D eigenvalue weighted by atomic mass is 9.91. The molecule has 1 aromatic heterocycles. The Balaban J connectivity index is 2.25. The molecule has 0 aliphatic heterocycles. The van der Waals surface area contributed by atoms with Gasteiger partial charge in [-0.15, -0.1) is 0 Å². The normalized spacial score (nSPS) is 23.3. The Morgan fingerprint density at radius 2 is 2.16 bits per heavy atom. The minimum atomic E-state index is -0.413. The summed E-state index contributed by atoms with van der Waals surface area (Å²) in [6, 6.07) is 0. The number of hydrogen-bond acceptors (Lipinski definition) is 6. The zero-order valence-corrected chi connectivity index (χ0v) is 11.9. The third-order valence-corrected chi connectivity index (χ3v) is 4.66. The van der Waals surface area contributed by atoms with Gasteiger partial charge in [0, 0.05) is 5.25 Å². The van der Waals surface area contributed by atoms with Crippen molar-refractivity contribution < 1.29 is 4.92 Å². The maximum atomic E-state index is 11.1. The van der Waals surface area contributed by atoms with Gasteiger partial charge in [-0.2, -0.15) is 4.98 Å². The van der Waals surface area contributed by atoms with Crippen LogP contribution in [0.15, 0.2) is 5.03 Å². The van der Waals surface area contributed by atoms with Gasteiger partial charge in [0.15, 0.2) is 5.03 Å². The number of nitrogens with two attached hydrogens (primary N) is 1. The lowest BCUT2D eigenvalue weighted by Gasteiger charge is -2.25. The Morgan fingerprint density at radius 3 is 2.79 bits per heavy atom. The van der Waals surface area contributed by atoms with Crippen molar-refractivity contribution >= 4 is 23.4 Å². The van der Waals surface area contributed by atoms with E-state index in [1.807, 2.05) is 0 Å². The Morgan fingerprint density at radius 1 is 1.42 bits per heavy atom. The van der Waals surface area contributed by atoms with E-state index >= 15 is 0 Å². The Labute approximate surface area is 116 Å². The van der Waals surface area contributed by atoms with Gasteiger partial charge in [0.1, 0.15) is 5.69 Å². The average molecular weight is 282 g/mol. The van der Waals surface area contributed by atoms with Crippen LogP contribution in [0.2, 0.25) is 0 Å². The van der Waals surface area contributed by atoms with Crippen LogP contribution in [0.3, 0.4) is 0 Å². The molecule has 2 N–H and O–H groups in total. The molecule has 2 unspecified atom stereocenters. The number of rotatable bonds is 3. The molecule has 7 heteroatoms. The van der Waals surface area contributed by atoms with Crippen molar-refractivity contribution in [2.75, 3.05) is 5.73 Å². The summed E-state index contributed by atoms with van der Waals surface area (Å²) in [6.07, 6.45) is 4.57. The second kappa shape index (κ2) is 5.73. The van der Waals surface area contributed by atoms with Gasteiger partial charge in [-0.3, -0.25) is 10.1 Å². The molecule has 1 aliphatic carbocycles. The van der Waals surface area contributed by atoms with Crippen molar-refractivity contribution in [3.05, 3.63) is 15.8 Å². The highest BCUT2D eigenvalue weighted by Crippen LogP contribution is 2.39. The first-order chi connectivity index (χ1) is 8.97. The third kappa shape index (κ3) is 3.34. The smallest absolute Gasteiger partial charge is 0.322 e. The van der Waals surface area contributed by atoms with Gasteiger partial charge in [0.05, 0.1) is 4.92 Å². The summed E-state index contributed by atoms with van der Waals surface area (Å²) >= 11 is 1.48. The second-order valence-corrected chi connectivity index (χ2v) is 6.38. The first-order valence-electron chi connectivity index (χ1n) is 6.42. The summed E-state index contributed by atoms with van der Waals surface area (Å²) in [4.78, 5) is 18.7. The van der Waals surface area contributed by atoms with E-state index in [0.29, 0.717) is 21.9 Å². The van der Waals surface area contributed by atoms with Crippen molar-refractivity contribution in [1.29, 1.82) is 0 Å². The van der Waals surface area contributed by atoms with E-state index < -0.39 is 4.92 Å². The highest BCUT2D eigenvalue weighted by molar-refractivity contribution is 8.00. The summed E-state index contributed by atoms with van der Waals surface area (Å²) in [5, 5.41) is 11.9. The van der Waals surface area contributed by atoms with E-state index in [1.54, 1.807) is 6.92 Å². The largest absolute Gasteiger partial charge is 0.368 e. The maximum absolute atomic E-state index is 11.1. The maximum Gasteiger partial charge on any atom is 0.322 e. The Hall–Kier alpha value is -1.37. The van der Waals surface area contributed by atoms with Crippen LogP contribution in [0.25, 0.3) is 0 Å². The molecule has 1 heterocycles. The van der Waals surface area contributed by atoms with Crippen LogP contribution in [-0.4, -0.2) is 20.1 Å². The van der Waals surface area contributed by atoms with Crippen LogP contribution in [-0.2, 0) is 0 Å². The predicted molar refractivity (Wildman–Crippen MR) is 75.1 cm³/mol. The van der Waals surface area contributed by atoms with Gasteiger partial charge >= 0.3 is 5.69 Å². The summed E-state index contributed by atoms with van der Waals surface area (Å²) < 4.78 is 0. The van der Waals surface area contributed by atoms with Gasteiger partial charge in [0.2, 0.25) is 5.95 Å². The SMILES string of the molecule is Cc1nc(N)nc(SC2CCCC(C)C2)c1[N+](=O)[O-]. The fraction of sp³-hybridized carbons (Fsp3) is 0.667. The average Bonchev–Trinajstić information content (AvgIpc) is 2.26. The number of thioether (sulfide) groups is 1. The molecule has 1 aliphatic rings. The van der Waals surface area contributed by atoms with E-state index in [-0.39, 0.29) is 11.6 Å². The second-order valence-electron chi connectivity index (χ2n) is 5.09. The Kier molecular flexibility index (Phi) is 4.24. The molecule has 0 amide bonds. The highest BCUT2D eigenvalue weighted by atomic mass is 32.2. The first-order valence-corrected chi connectivity index (χ1v) is 7.30. The summed E-state index contributed by atoms with van der Waals surface area (Å²) in [5.41, 5.74) is 5.94. The van der Waals surface area contributed by atoms with E-state index in [9.17, 15) is 10.1 Å². The van der Waals surface area contributed by atoms with Crippen molar-refractivity contribution in [2.24, 2.45) is 5.92 Å². The molecule has 104 valence electrons. The molecular weight excluding hydrogens is 264 g/mol. The lowest BCUT2D eigenvalue weighted by molar-refractivity contribution is -0.389. The van der Waals surface area contributed by atoms with E-state index in [4.69, 9.17) is 5.73 Å². The molecule has 0 saturated heterocycles. The number of aromatic nitrogens is 2. The Bertz CT molecular complexity index is 495. The first kappa shape index (κ1) is 14.0. The van der Waals surface area contributed by atoms with Gasteiger partial charge in [0.25, 0.3) is 0 Å². The monoisotopic (exact) mass is 282 g/mol. The topological polar surface area (TPSA) is 94.9 Å². The number of nitrogens with zero attached hydrogens (tertiary/aromatic N) is 3.